The largest absolute Gasteiger partial charge is 0.493 e. The SMILES string of the molecule is C=NC(=N/C=C(\C)Oc1ccnc2cc(OC)c(OC)cc12)NC(=O)c1cn(C(C)C)nc(-c2ccc(F)cc2)c1=O. The molecular formula is C30H29FN6O5. The fourth-order valence-electron chi connectivity index (χ4n) is 3.90. The van der Waals surface area contributed by atoms with Crippen molar-refractivity contribution < 1.29 is 23.4 Å². The van der Waals surface area contributed by atoms with Crippen LogP contribution >= 0.6 is 0 Å². The van der Waals surface area contributed by atoms with Crippen molar-refractivity contribution in [2.45, 2.75) is 26.8 Å². The number of allylic oxidation sites excluding steroid dienone is 1. The van der Waals surface area contributed by atoms with Crippen LogP contribution in [0.1, 0.15) is 37.2 Å². The maximum atomic E-state index is 13.5. The molecule has 1 amide bonds. The van der Waals surface area contributed by atoms with E-state index in [1.807, 2.05) is 13.8 Å². The normalized spacial score (nSPS) is 11.9. The number of methoxy groups -OCH3 is 2. The zero-order chi connectivity index (χ0) is 30.4. The van der Waals surface area contributed by atoms with Gasteiger partial charge >= 0.3 is 0 Å². The fourth-order valence-corrected chi connectivity index (χ4v) is 3.90. The molecule has 216 valence electrons. The van der Waals surface area contributed by atoms with E-state index in [2.05, 4.69) is 32.1 Å². The Kier molecular flexibility index (Phi) is 9.05. The quantitative estimate of drug-likeness (QED) is 0.180. The van der Waals surface area contributed by atoms with Crippen molar-refractivity contribution in [1.29, 1.82) is 0 Å². The molecule has 11 nitrogen and oxygen atoms in total. The van der Waals surface area contributed by atoms with Crippen LogP contribution in [0.5, 0.6) is 17.2 Å². The second kappa shape index (κ2) is 12.9. The molecule has 4 rings (SSSR count). The standard InChI is InChI=1S/C30H29FN6O5/c1-17(2)37-16-22(28(38)27(36-37)19-7-9-20(31)10-8-19)29(39)35-30(32-4)34-15-18(3)42-24-11-12-33-23-14-26(41-6)25(40-5)13-21(23)24/h7-17H,4H2,1-3,5-6H3,(H,34,35,39)/b18-15+. The molecule has 0 aliphatic heterocycles. The number of carbonyl (C=O) groups excluding carboxylic acids is 1. The molecule has 1 N–H and O–H groups in total. The van der Waals surface area contributed by atoms with Gasteiger partial charge < -0.3 is 14.2 Å². The average Bonchev–Trinajstić information content (AvgIpc) is 2.99. The highest BCUT2D eigenvalue weighted by molar-refractivity contribution is 6.07. The van der Waals surface area contributed by atoms with Crippen molar-refractivity contribution in [2.75, 3.05) is 14.2 Å². The second-order valence-electron chi connectivity index (χ2n) is 9.24. The molecule has 0 radical (unpaired) electrons. The summed E-state index contributed by atoms with van der Waals surface area (Å²) in [6.45, 7) is 8.81. The van der Waals surface area contributed by atoms with Crippen LogP contribution in [0, 0.1) is 5.82 Å². The van der Waals surface area contributed by atoms with Gasteiger partial charge in [0.25, 0.3) is 5.91 Å². The molecule has 0 saturated carbocycles. The average molecular weight is 573 g/mol. The van der Waals surface area contributed by atoms with E-state index in [9.17, 15) is 14.0 Å². The van der Waals surface area contributed by atoms with Crippen LogP contribution in [0.25, 0.3) is 22.2 Å². The number of halogens is 1. The molecule has 0 bridgehead atoms. The van der Waals surface area contributed by atoms with Crippen LogP contribution in [-0.2, 0) is 0 Å². The lowest BCUT2D eigenvalue weighted by atomic mass is 10.1. The molecular weight excluding hydrogens is 543 g/mol. The van der Waals surface area contributed by atoms with Gasteiger partial charge in [-0.1, -0.05) is 0 Å². The van der Waals surface area contributed by atoms with E-state index in [-0.39, 0.29) is 23.3 Å². The summed E-state index contributed by atoms with van der Waals surface area (Å²) in [6, 6.07) is 10.3. The van der Waals surface area contributed by atoms with Gasteiger partial charge in [-0.05, 0) is 63.9 Å². The predicted molar refractivity (Wildman–Crippen MR) is 158 cm³/mol. The Labute approximate surface area is 241 Å². The first-order chi connectivity index (χ1) is 20.1. The summed E-state index contributed by atoms with van der Waals surface area (Å²) in [6.07, 6.45) is 4.29. The van der Waals surface area contributed by atoms with Crippen molar-refractivity contribution in [3.05, 3.63) is 88.4 Å². The predicted octanol–water partition coefficient (Wildman–Crippen LogP) is 4.92. The van der Waals surface area contributed by atoms with E-state index in [0.717, 1.165) is 0 Å². The minimum absolute atomic E-state index is 0.00405. The van der Waals surface area contributed by atoms with Crippen molar-refractivity contribution in [3.63, 3.8) is 0 Å². The molecule has 2 aromatic heterocycles. The smallest absolute Gasteiger partial charge is 0.263 e. The Morgan fingerprint density at radius 3 is 2.43 bits per heavy atom. The molecule has 0 saturated heterocycles. The van der Waals surface area contributed by atoms with E-state index < -0.39 is 17.2 Å². The van der Waals surface area contributed by atoms with E-state index >= 15 is 0 Å². The third-order valence-corrected chi connectivity index (χ3v) is 6.05. The lowest BCUT2D eigenvalue weighted by Crippen LogP contribution is -2.34. The number of rotatable bonds is 8. The van der Waals surface area contributed by atoms with Crippen molar-refractivity contribution in [2.24, 2.45) is 9.98 Å². The molecule has 0 atom stereocenters. The molecule has 0 unspecified atom stereocenters. The molecule has 0 aliphatic carbocycles. The van der Waals surface area contributed by atoms with Gasteiger partial charge in [-0.2, -0.15) is 5.10 Å². The second-order valence-corrected chi connectivity index (χ2v) is 9.24. The van der Waals surface area contributed by atoms with Gasteiger partial charge in [0.2, 0.25) is 11.4 Å². The van der Waals surface area contributed by atoms with Crippen LogP contribution in [0.2, 0.25) is 0 Å². The first kappa shape index (κ1) is 29.6. The number of carbonyl (C=O) groups is 1. The van der Waals surface area contributed by atoms with Crippen molar-refractivity contribution >= 4 is 29.5 Å². The third-order valence-electron chi connectivity index (χ3n) is 6.05. The minimum atomic E-state index is -0.764. The van der Waals surface area contributed by atoms with Gasteiger partial charge in [0.1, 0.15) is 28.6 Å². The summed E-state index contributed by atoms with van der Waals surface area (Å²) in [5.74, 6) is 0.503. The monoisotopic (exact) mass is 572 g/mol. The Hall–Kier alpha value is -5.39. The number of amides is 1. The molecule has 4 aromatic rings. The maximum absolute atomic E-state index is 13.5. The molecule has 0 spiro atoms. The number of benzene rings is 2. The topological polar surface area (TPSA) is 129 Å². The molecule has 2 heterocycles. The highest BCUT2D eigenvalue weighted by Gasteiger charge is 2.19. The molecule has 0 aliphatic rings. The Morgan fingerprint density at radius 2 is 1.79 bits per heavy atom. The lowest BCUT2D eigenvalue weighted by Gasteiger charge is -2.14. The van der Waals surface area contributed by atoms with Crippen LogP contribution in [0.3, 0.4) is 0 Å². The highest BCUT2D eigenvalue weighted by Crippen LogP contribution is 2.35. The number of guanidine groups is 1. The number of hydrogen-bond donors (Lipinski definition) is 1. The Balaban J connectivity index is 1.60. The number of fused-ring (bicyclic) bond motifs is 1. The Bertz CT molecular complexity index is 1760. The van der Waals surface area contributed by atoms with Gasteiger partial charge in [0.15, 0.2) is 11.5 Å². The van der Waals surface area contributed by atoms with E-state index in [0.29, 0.717) is 39.5 Å². The molecule has 42 heavy (non-hydrogen) atoms. The zero-order valence-electron chi connectivity index (χ0n) is 23.7. The summed E-state index contributed by atoms with van der Waals surface area (Å²) >= 11 is 0. The van der Waals surface area contributed by atoms with Crippen molar-refractivity contribution in [3.8, 4) is 28.5 Å². The van der Waals surface area contributed by atoms with Gasteiger partial charge in [-0.3, -0.25) is 24.6 Å². The lowest BCUT2D eigenvalue weighted by molar-refractivity contribution is 0.0974. The van der Waals surface area contributed by atoms with Gasteiger partial charge in [0.05, 0.1) is 25.9 Å². The number of pyridine rings is 1. The van der Waals surface area contributed by atoms with Gasteiger partial charge in [-0.25, -0.2) is 14.4 Å². The van der Waals surface area contributed by atoms with Gasteiger partial charge in [0, 0.05) is 35.5 Å². The summed E-state index contributed by atoms with van der Waals surface area (Å²) < 4.78 is 31.6. The first-order valence-electron chi connectivity index (χ1n) is 12.8. The summed E-state index contributed by atoms with van der Waals surface area (Å²) in [7, 11) is 3.07. The van der Waals surface area contributed by atoms with Crippen LogP contribution in [0.15, 0.2) is 81.6 Å². The zero-order valence-corrected chi connectivity index (χ0v) is 23.7. The summed E-state index contributed by atoms with van der Waals surface area (Å²) in [4.78, 5) is 38.7. The number of ether oxygens (including phenoxy) is 3. The van der Waals surface area contributed by atoms with Crippen LogP contribution in [0.4, 0.5) is 4.39 Å². The van der Waals surface area contributed by atoms with Crippen LogP contribution < -0.4 is 25.0 Å². The van der Waals surface area contributed by atoms with Crippen molar-refractivity contribution in [1.82, 2.24) is 20.1 Å². The molecule has 12 heteroatoms. The van der Waals surface area contributed by atoms with Gasteiger partial charge in [-0.15, -0.1) is 0 Å². The van der Waals surface area contributed by atoms with E-state index in [1.165, 1.54) is 55.6 Å². The highest BCUT2D eigenvalue weighted by atomic mass is 19.1. The van der Waals surface area contributed by atoms with E-state index in [1.54, 1.807) is 31.3 Å². The summed E-state index contributed by atoms with van der Waals surface area (Å²) in [5, 5.41) is 7.52. The number of aromatic nitrogens is 3. The first-order valence-corrected chi connectivity index (χ1v) is 12.8. The minimum Gasteiger partial charge on any atom is -0.493 e. The Morgan fingerprint density at radius 1 is 1.10 bits per heavy atom. The fraction of sp³-hybridized carbons (Fsp3) is 0.200. The number of hydrogen-bond acceptors (Lipinski definition) is 8. The number of nitrogens with one attached hydrogen (secondary N) is 1. The van der Waals surface area contributed by atoms with Crippen LogP contribution in [-0.4, -0.2) is 47.6 Å². The molecule has 0 fully saturated rings. The van der Waals surface area contributed by atoms with E-state index in [4.69, 9.17) is 14.2 Å². The number of aliphatic imine (C=N–C) groups is 2. The summed E-state index contributed by atoms with van der Waals surface area (Å²) in [5.41, 5.74) is 0.178. The maximum Gasteiger partial charge on any atom is 0.263 e. The molecule has 2 aromatic carbocycles. The third kappa shape index (κ3) is 6.49. The number of nitrogens with zero attached hydrogens (tertiary/aromatic N) is 5.